The van der Waals surface area contributed by atoms with Crippen LogP contribution in [-0.2, 0) is 29.0 Å². The van der Waals surface area contributed by atoms with Crippen molar-refractivity contribution in [3.8, 4) is 11.8 Å². The first-order chi connectivity index (χ1) is 17.9. The Labute approximate surface area is 220 Å². The molecule has 1 aliphatic rings. The molecule has 1 unspecified atom stereocenters. The highest BCUT2D eigenvalue weighted by Gasteiger charge is 2.28. The number of aryl methyl sites for hydroxylation is 1. The quantitative estimate of drug-likeness (QED) is 0.431. The summed E-state index contributed by atoms with van der Waals surface area (Å²) in [5, 5.41) is 13.3. The Morgan fingerprint density at radius 2 is 2.19 bits per heavy atom. The zero-order chi connectivity index (χ0) is 26.4. The second-order valence-corrected chi connectivity index (χ2v) is 10.1. The van der Waals surface area contributed by atoms with Crippen LogP contribution in [0.4, 0.5) is 9.80 Å². The number of carbonyl (C=O) groups is 2. The highest BCUT2D eigenvalue weighted by molar-refractivity contribution is 7.16. The SMILES string of the molecule is CCOc1cccc(C(C)CC(=O)Nc2sc3c(c2C#N)CCN(C(=O)OCCn2cnc(C)c2)C3)c1. The van der Waals surface area contributed by atoms with Crippen molar-refractivity contribution in [2.24, 2.45) is 0 Å². The number of imidazole rings is 1. The smallest absolute Gasteiger partial charge is 0.410 e. The molecule has 2 aromatic heterocycles. The van der Waals surface area contributed by atoms with E-state index in [1.54, 1.807) is 11.2 Å². The number of hydrogen-bond donors (Lipinski definition) is 1. The minimum atomic E-state index is -0.386. The minimum absolute atomic E-state index is 0.0166. The first kappa shape index (κ1) is 26.2. The monoisotopic (exact) mass is 521 g/mol. The highest BCUT2D eigenvalue weighted by Crippen LogP contribution is 2.37. The Bertz CT molecular complexity index is 1310. The summed E-state index contributed by atoms with van der Waals surface area (Å²) < 4.78 is 12.9. The van der Waals surface area contributed by atoms with Gasteiger partial charge in [0.05, 0.1) is 37.3 Å². The van der Waals surface area contributed by atoms with E-state index in [1.165, 1.54) is 11.3 Å². The minimum Gasteiger partial charge on any atom is -0.494 e. The Hall–Kier alpha value is -3.84. The van der Waals surface area contributed by atoms with Gasteiger partial charge in [-0.2, -0.15) is 5.26 Å². The van der Waals surface area contributed by atoms with Crippen molar-refractivity contribution in [1.82, 2.24) is 14.5 Å². The molecule has 0 radical (unpaired) electrons. The molecule has 0 bridgehead atoms. The van der Waals surface area contributed by atoms with Crippen LogP contribution in [0.25, 0.3) is 0 Å². The van der Waals surface area contributed by atoms with Gasteiger partial charge in [0.2, 0.25) is 5.91 Å². The fourth-order valence-corrected chi connectivity index (χ4v) is 5.57. The third-order valence-corrected chi connectivity index (χ3v) is 7.38. The molecule has 1 aromatic carbocycles. The first-order valence-corrected chi connectivity index (χ1v) is 13.2. The number of ether oxygens (including phenoxy) is 2. The molecule has 0 saturated heterocycles. The molecule has 2 amide bonds. The summed E-state index contributed by atoms with van der Waals surface area (Å²) in [7, 11) is 0. The predicted octanol–water partition coefficient (Wildman–Crippen LogP) is 4.85. The number of anilines is 1. The van der Waals surface area contributed by atoms with Gasteiger partial charge in [0, 0.05) is 24.0 Å². The predicted molar refractivity (Wildman–Crippen MR) is 141 cm³/mol. The molecule has 37 heavy (non-hydrogen) atoms. The van der Waals surface area contributed by atoms with E-state index in [2.05, 4.69) is 16.4 Å². The van der Waals surface area contributed by atoms with Crippen LogP contribution in [-0.4, -0.2) is 46.2 Å². The average Bonchev–Trinajstić information content (AvgIpc) is 3.45. The van der Waals surface area contributed by atoms with Crippen molar-refractivity contribution < 1.29 is 19.1 Å². The van der Waals surface area contributed by atoms with E-state index in [0.717, 1.165) is 27.4 Å². The largest absolute Gasteiger partial charge is 0.494 e. The van der Waals surface area contributed by atoms with Gasteiger partial charge in [-0.3, -0.25) is 4.79 Å². The number of nitrogens with one attached hydrogen (secondary N) is 1. The first-order valence-electron chi connectivity index (χ1n) is 12.3. The van der Waals surface area contributed by atoms with Gasteiger partial charge in [0.25, 0.3) is 0 Å². The Kier molecular flexibility index (Phi) is 8.46. The number of benzene rings is 1. The van der Waals surface area contributed by atoms with E-state index in [0.29, 0.717) is 43.2 Å². The van der Waals surface area contributed by atoms with Crippen LogP contribution in [0.5, 0.6) is 5.75 Å². The van der Waals surface area contributed by atoms with Crippen molar-refractivity contribution in [2.75, 3.05) is 25.1 Å². The van der Waals surface area contributed by atoms with Crippen molar-refractivity contribution in [3.05, 3.63) is 64.1 Å². The number of nitriles is 1. The summed E-state index contributed by atoms with van der Waals surface area (Å²) in [5.41, 5.74) is 3.32. The number of fused-ring (bicyclic) bond motifs is 1. The molecule has 1 atom stereocenters. The summed E-state index contributed by atoms with van der Waals surface area (Å²) in [6, 6.07) is 10.0. The van der Waals surface area contributed by atoms with Gasteiger partial charge in [-0.1, -0.05) is 19.1 Å². The molecule has 0 spiro atoms. The Balaban J connectivity index is 1.35. The van der Waals surface area contributed by atoms with Gasteiger partial charge in [0.15, 0.2) is 0 Å². The van der Waals surface area contributed by atoms with E-state index in [1.807, 2.05) is 55.8 Å². The van der Waals surface area contributed by atoms with Gasteiger partial charge in [0.1, 0.15) is 23.4 Å². The van der Waals surface area contributed by atoms with E-state index in [4.69, 9.17) is 9.47 Å². The Morgan fingerprint density at radius 3 is 2.92 bits per heavy atom. The van der Waals surface area contributed by atoms with Crippen LogP contribution in [0.15, 0.2) is 36.8 Å². The van der Waals surface area contributed by atoms with E-state index in [9.17, 15) is 14.9 Å². The van der Waals surface area contributed by atoms with Gasteiger partial charge in [-0.05, 0) is 49.4 Å². The molecule has 4 rings (SSSR count). The molecular weight excluding hydrogens is 490 g/mol. The zero-order valence-corrected chi connectivity index (χ0v) is 22.1. The summed E-state index contributed by atoms with van der Waals surface area (Å²) in [4.78, 5) is 32.2. The Morgan fingerprint density at radius 1 is 1.35 bits per heavy atom. The van der Waals surface area contributed by atoms with Crippen LogP contribution in [0.3, 0.4) is 0 Å². The van der Waals surface area contributed by atoms with Crippen molar-refractivity contribution in [1.29, 1.82) is 5.26 Å². The van der Waals surface area contributed by atoms with Gasteiger partial charge in [-0.25, -0.2) is 9.78 Å². The molecule has 0 fully saturated rings. The maximum absolute atomic E-state index is 12.9. The lowest BCUT2D eigenvalue weighted by atomic mass is 9.97. The van der Waals surface area contributed by atoms with Crippen molar-refractivity contribution >= 4 is 28.3 Å². The summed E-state index contributed by atoms with van der Waals surface area (Å²) in [5.74, 6) is 0.609. The van der Waals surface area contributed by atoms with Crippen LogP contribution in [0.1, 0.15) is 53.4 Å². The third-order valence-electron chi connectivity index (χ3n) is 6.25. The maximum Gasteiger partial charge on any atom is 0.410 e. The number of nitrogens with zero attached hydrogens (tertiary/aromatic N) is 4. The second-order valence-electron chi connectivity index (χ2n) is 9.02. The topological polar surface area (TPSA) is 109 Å². The molecule has 1 N–H and O–H groups in total. The molecule has 1 aliphatic heterocycles. The summed E-state index contributed by atoms with van der Waals surface area (Å²) in [6.45, 7) is 8.01. The summed E-state index contributed by atoms with van der Waals surface area (Å²) in [6.07, 6.45) is 4.03. The van der Waals surface area contributed by atoms with Crippen LogP contribution in [0, 0.1) is 18.3 Å². The molecule has 194 valence electrons. The van der Waals surface area contributed by atoms with Crippen molar-refractivity contribution in [3.63, 3.8) is 0 Å². The molecule has 0 saturated carbocycles. The number of hydrogen-bond acceptors (Lipinski definition) is 7. The fourth-order valence-electron chi connectivity index (χ4n) is 4.34. The van der Waals surface area contributed by atoms with Crippen LogP contribution >= 0.6 is 11.3 Å². The lowest BCUT2D eigenvalue weighted by Gasteiger charge is -2.26. The molecular formula is C27H31N5O4S. The molecule has 3 aromatic rings. The molecule has 3 heterocycles. The number of thiophene rings is 1. The lowest BCUT2D eigenvalue weighted by molar-refractivity contribution is -0.116. The number of amides is 2. The number of aromatic nitrogens is 2. The van der Waals surface area contributed by atoms with Crippen LogP contribution < -0.4 is 10.1 Å². The normalized spacial score (nSPS) is 13.4. The molecule has 10 heteroatoms. The number of carbonyl (C=O) groups excluding carboxylic acids is 2. The highest BCUT2D eigenvalue weighted by atomic mass is 32.1. The standard InChI is InChI=1S/C27H31N5O4S/c1-4-35-21-7-5-6-20(13-21)18(2)12-25(33)30-26-23(14-28)22-8-9-32(16-24(22)37-26)27(34)36-11-10-31-15-19(3)29-17-31/h5-7,13,15,17-18H,4,8-12,16H2,1-3H3,(H,30,33). The van der Waals surface area contributed by atoms with Gasteiger partial charge in [-0.15, -0.1) is 11.3 Å². The lowest BCUT2D eigenvalue weighted by Crippen LogP contribution is -2.36. The van der Waals surface area contributed by atoms with Gasteiger partial charge < -0.3 is 24.3 Å². The van der Waals surface area contributed by atoms with E-state index in [-0.39, 0.29) is 30.9 Å². The molecule has 9 nitrogen and oxygen atoms in total. The van der Waals surface area contributed by atoms with Crippen LogP contribution in [0.2, 0.25) is 0 Å². The third kappa shape index (κ3) is 6.49. The fraction of sp³-hybridized carbons (Fsp3) is 0.407. The second kappa shape index (κ2) is 11.9. The van der Waals surface area contributed by atoms with E-state index < -0.39 is 0 Å². The van der Waals surface area contributed by atoms with Gasteiger partial charge >= 0.3 is 6.09 Å². The summed E-state index contributed by atoms with van der Waals surface area (Å²) >= 11 is 1.36. The number of rotatable bonds is 9. The van der Waals surface area contributed by atoms with E-state index >= 15 is 0 Å². The average molecular weight is 522 g/mol. The zero-order valence-electron chi connectivity index (χ0n) is 21.3. The maximum atomic E-state index is 12.9. The molecule has 0 aliphatic carbocycles. The van der Waals surface area contributed by atoms with Crippen molar-refractivity contribution in [2.45, 2.75) is 52.6 Å².